The van der Waals surface area contributed by atoms with Crippen molar-refractivity contribution in [3.8, 4) is 22.5 Å². The Bertz CT molecular complexity index is 2990. The van der Waals surface area contributed by atoms with Gasteiger partial charge in [0.05, 0.1) is 33.2 Å². The van der Waals surface area contributed by atoms with Gasteiger partial charge in [0, 0.05) is 47.4 Å². The van der Waals surface area contributed by atoms with Gasteiger partial charge >= 0.3 is 0 Å². The second-order valence-corrected chi connectivity index (χ2v) is 12.5. The number of aromatic nitrogens is 2. The fraction of sp³-hybridized carbons (Fsp3) is 0. The van der Waals surface area contributed by atoms with Crippen LogP contribution in [-0.2, 0) is 0 Å². The predicted molar refractivity (Wildman–Crippen MR) is 193 cm³/mol. The van der Waals surface area contributed by atoms with Crippen LogP contribution in [0, 0.1) is 0 Å². The summed E-state index contributed by atoms with van der Waals surface area (Å²) in [7, 11) is 0. The first-order chi connectivity index (χ1) is 24.0. The van der Waals surface area contributed by atoms with Gasteiger partial charge < -0.3 is 9.13 Å². The highest BCUT2D eigenvalue weighted by Gasteiger charge is 2.20. The number of fused-ring (bicyclic) bond motifs is 9. The molecule has 0 radical (unpaired) electrons. The van der Waals surface area contributed by atoms with E-state index in [2.05, 4.69) is 114 Å². The third kappa shape index (κ3) is 3.50. The van der Waals surface area contributed by atoms with Gasteiger partial charge in [-0.15, -0.1) is 11.3 Å². The van der Waals surface area contributed by atoms with Crippen molar-refractivity contribution in [3.05, 3.63) is 158 Å². The van der Waals surface area contributed by atoms with Crippen LogP contribution in [0.3, 0.4) is 0 Å². The molecule has 10 rings (SSSR count). The van der Waals surface area contributed by atoms with E-state index in [1.54, 1.807) is 0 Å². The summed E-state index contributed by atoms with van der Waals surface area (Å²) in [5.41, 5.74) is 7.88. The fourth-order valence-corrected chi connectivity index (χ4v) is 8.40. The van der Waals surface area contributed by atoms with Crippen LogP contribution < -0.4 is 0 Å². The highest BCUT2D eigenvalue weighted by Crippen LogP contribution is 2.45. The molecule has 0 N–H and O–H groups in total. The molecule has 10 aromatic rings. The van der Waals surface area contributed by atoms with Gasteiger partial charge in [0.25, 0.3) is 0 Å². The van der Waals surface area contributed by atoms with Crippen LogP contribution >= 0.6 is 11.3 Å². The van der Waals surface area contributed by atoms with Crippen LogP contribution in [0.4, 0.5) is 0 Å². The summed E-state index contributed by atoms with van der Waals surface area (Å²) < 4.78 is 41.5. The van der Waals surface area contributed by atoms with Crippen molar-refractivity contribution in [2.45, 2.75) is 0 Å². The van der Waals surface area contributed by atoms with Gasteiger partial charge in [-0.3, -0.25) is 0 Å². The van der Waals surface area contributed by atoms with E-state index in [1.165, 1.54) is 31.3 Å². The van der Waals surface area contributed by atoms with Crippen LogP contribution in [0.2, 0.25) is 0 Å². The molecule has 0 aliphatic rings. The van der Waals surface area contributed by atoms with Crippen LogP contribution in [0.5, 0.6) is 0 Å². The monoisotopic (exact) mass is 594 g/mol. The Morgan fingerprint density at radius 1 is 0.489 bits per heavy atom. The van der Waals surface area contributed by atoms with E-state index in [0.29, 0.717) is 10.9 Å². The van der Waals surface area contributed by atoms with Gasteiger partial charge in [-0.25, -0.2) is 0 Å². The minimum Gasteiger partial charge on any atom is -0.309 e. The molecule has 0 saturated carbocycles. The SMILES string of the molecule is [2H]c1c([2H])c([2H])c2c(c1[2H])c1ccccc1n2-c1ccc2c(c1)c1ccccc1n2-c1ccc(-c2ccccc2)c2sc3ccccc3c12. The zero-order chi connectivity index (χ0) is 33.0. The Balaban J connectivity index is 1.30. The summed E-state index contributed by atoms with van der Waals surface area (Å²) in [5, 5.41) is 5.98. The van der Waals surface area contributed by atoms with Crippen LogP contribution in [-0.4, -0.2) is 9.13 Å². The lowest BCUT2D eigenvalue weighted by Crippen LogP contribution is -1.97. The van der Waals surface area contributed by atoms with E-state index in [-0.39, 0.29) is 24.2 Å². The molecular weight excluding hydrogens is 565 g/mol. The number of thiophene rings is 1. The van der Waals surface area contributed by atoms with E-state index in [9.17, 15) is 0 Å². The minimum atomic E-state index is -0.231. The fourth-order valence-electron chi connectivity index (χ4n) is 7.14. The molecule has 45 heavy (non-hydrogen) atoms. The molecule has 0 aliphatic heterocycles. The summed E-state index contributed by atoms with van der Waals surface area (Å²) in [6.45, 7) is 0. The van der Waals surface area contributed by atoms with Crippen molar-refractivity contribution in [1.82, 2.24) is 9.13 Å². The van der Waals surface area contributed by atoms with Crippen molar-refractivity contribution in [3.63, 3.8) is 0 Å². The van der Waals surface area contributed by atoms with E-state index in [0.717, 1.165) is 44.1 Å². The quantitative estimate of drug-likeness (QED) is 0.193. The van der Waals surface area contributed by atoms with Crippen molar-refractivity contribution >= 4 is 75.1 Å². The minimum absolute atomic E-state index is 0.0189. The highest BCUT2D eigenvalue weighted by atomic mass is 32.1. The largest absolute Gasteiger partial charge is 0.309 e. The summed E-state index contributed by atoms with van der Waals surface area (Å²) in [6, 6.07) is 45.9. The van der Waals surface area contributed by atoms with Gasteiger partial charge in [0.1, 0.15) is 0 Å². The summed E-state index contributed by atoms with van der Waals surface area (Å²) in [5.74, 6) is 0. The molecule has 0 spiro atoms. The average molecular weight is 595 g/mol. The molecule has 2 nitrogen and oxygen atoms in total. The van der Waals surface area contributed by atoms with Crippen molar-refractivity contribution < 1.29 is 5.48 Å². The summed E-state index contributed by atoms with van der Waals surface area (Å²) >= 11 is 1.83. The smallest absolute Gasteiger partial charge is 0.0645 e. The van der Waals surface area contributed by atoms with Crippen molar-refractivity contribution in [1.29, 1.82) is 0 Å². The lowest BCUT2D eigenvalue weighted by Gasteiger charge is -2.13. The topological polar surface area (TPSA) is 9.86 Å². The van der Waals surface area contributed by atoms with Crippen LogP contribution in [0.25, 0.3) is 86.3 Å². The van der Waals surface area contributed by atoms with Gasteiger partial charge in [-0.1, -0.05) is 109 Å². The van der Waals surface area contributed by atoms with Crippen molar-refractivity contribution in [2.75, 3.05) is 0 Å². The lowest BCUT2D eigenvalue weighted by atomic mass is 10.0. The predicted octanol–water partition coefficient (Wildman–Crippen LogP) is 11.9. The molecule has 0 fully saturated rings. The molecule has 0 saturated heterocycles. The maximum Gasteiger partial charge on any atom is 0.0645 e. The molecule has 3 heteroatoms. The molecule has 7 aromatic carbocycles. The molecule has 0 unspecified atom stereocenters. The van der Waals surface area contributed by atoms with Gasteiger partial charge in [0.2, 0.25) is 0 Å². The third-order valence-corrected chi connectivity index (χ3v) is 10.3. The standard InChI is InChI=1S/C42H26N2S/c1-2-12-27(13-3-1)29-23-25-39(41-33-17-7-11-21-40(33)45-42(29)41)44-37-20-10-6-16-32(37)34-26-28(22-24-38(34)44)43-35-18-8-4-14-30(35)31-15-5-9-19-36(31)43/h1-26H/i4D,8D,14D,18D. The summed E-state index contributed by atoms with van der Waals surface area (Å²) in [6.07, 6.45) is 0. The number of nitrogens with zero attached hydrogens (tertiary/aromatic N) is 2. The number of para-hydroxylation sites is 3. The zero-order valence-electron chi connectivity index (χ0n) is 28.0. The average Bonchev–Trinajstić information content (AvgIpc) is 3.81. The van der Waals surface area contributed by atoms with Gasteiger partial charge in [-0.2, -0.15) is 0 Å². The lowest BCUT2D eigenvalue weighted by molar-refractivity contribution is 1.17. The normalized spacial score (nSPS) is 13.2. The Kier molecular flexibility index (Phi) is 4.43. The van der Waals surface area contributed by atoms with E-state index >= 15 is 0 Å². The first-order valence-corrected chi connectivity index (χ1v) is 15.9. The number of hydrogen-bond acceptors (Lipinski definition) is 1. The molecule has 0 atom stereocenters. The van der Waals surface area contributed by atoms with Crippen LogP contribution in [0.1, 0.15) is 5.48 Å². The third-order valence-electron chi connectivity index (χ3n) is 9.05. The first kappa shape index (κ1) is 21.1. The Morgan fingerprint density at radius 3 is 2.00 bits per heavy atom. The molecule has 0 aliphatic carbocycles. The number of rotatable bonds is 3. The Labute approximate surface area is 269 Å². The first-order valence-electron chi connectivity index (χ1n) is 17.0. The Morgan fingerprint density at radius 2 is 1.16 bits per heavy atom. The van der Waals surface area contributed by atoms with E-state index in [4.69, 9.17) is 5.48 Å². The second kappa shape index (κ2) is 9.43. The van der Waals surface area contributed by atoms with Gasteiger partial charge in [0.15, 0.2) is 0 Å². The van der Waals surface area contributed by atoms with E-state index < -0.39 is 0 Å². The highest BCUT2D eigenvalue weighted by molar-refractivity contribution is 7.26. The summed E-state index contributed by atoms with van der Waals surface area (Å²) in [4.78, 5) is 0. The van der Waals surface area contributed by atoms with Gasteiger partial charge in [-0.05, 0) is 59.6 Å². The Hall–Kier alpha value is -5.64. The number of hydrogen-bond donors (Lipinski definition) is 0. The van der Waals surface area contributed by atoms with E-state index in [1.807, 2.05) is 40.2 Å². The molecule has 3 aromatic heterocycles. The second-order valence-electron chi connectivity index (χ2n) is 11.4. The molecule has 3 heterocycles. The molecular formula is C42H26N2S. The number of benzene rings is 7. The van der Waals surface area contributed by atoms with Crippen molar-refractivity contribution in [2.24, 2.45) is 0 Å². The zero-order valence-corrected chi connectivity index (χ0v) is 24.8. The molecule has 0 amide bonds. The maximum absolute atomic E-state index is 8.95. The molecule has 210 valence electrons. The maximum atomic E-state index is 8.95. The van der Waals surface area contributed by atoms with Crippen LogP contribution in [0.15, 0.2) is 158 Å². The molecule has 0 bridgehead atoms.